The lowest BCUT2D eigenvalue weighted by molar-refractivity contribution is -0.133. The van der Waals surface area contributed by atoms with Crippen LogP contribution in [0.5, 0.6) is 5.75 Å². The van der Waals surface area contributed by atoms with Gasteiger partial charge in [-0.15, -0.1) is 0 Å². The number of amides is 1. The van der Waals surface area contributed by atoms with E-state index in [1.165, 1.54) is 12.8 Å². The summed E-state index contributed by atoms with van der Waals surface area (Å²) in [6, 6.07) is 9.49. The van der Waals surface area contributed by atoms with Crippen molar-refractivity contribution >= 4 is 5.91 Å². The minimum Gasteiger partial charge on any atom is -0.484 e. The second kappa shape index (κ2) is 6.28. The topological polar surface area (TPSA) is 29.5 Å². The summed E-state index contributed by atoms with van der Waals surface area (Å²) in [5.74, 6) is 0.867. The van der Waals surface area contributed by atoms with Gasteiger partial charge in [0.25, 0.3) is 5.91 Å². The molecule has 2 rings (SSSR count). The molecule has 0 aromatic heterocycles. The summed E-state index contributed by atoms with van der Waals surface area (Å²) in [5.41, 5.74) is 0. The molecule has 0 atom stereocenters. The van der Waals surface area contributed by atoms with Crippen molar-refractivity contribution in [3.05, 3.63) is 30.3 Å². The van der Waals surface area contributed by atoms with Crippen LogP contribution in [0.4, 0.5) is 0 Å². The largest absolute Gasteiger partial charge is 0.484 e. The van der Waals surface area contributed by atoms with Gasteiger partial charge in [-0.2, -0.15) is 0 Å². The molecule has 1 fully saturated rings. The highest BCUT2D eigenvalue weighted by Crippen LogP contribution is 2.11. The van der Waals surface area contributed by atoms with Gasteiger partial charge in [-0.05, 0) is 25.0 Å². The predicted molar refractivity (Wildman–Crippen MR) is 67.0 cm³/mol. The molecule has 0 bridgehead atoms. The molecule has 0 aliphatic carbocycles. The van der Waals surface area contributed by atoms with Gasteiger partial charge in [-0.25, -0.2) is 0 Å². The molecule has 0 radical (unpaired) electrons. The lowest BCUT2D eigenvalue weighted by Crippen LogP contribution is -2.35. The van der Waals surface area contributed by atoms with Crippen LogP contribution in [0.25, 0.3) is 0 Å². The van der Waals surface area contributed by atoms with Crippen LogP contribution in [0.3, 0.4) is 0 Å². The van der Waals surface area contributed by atoms with Gasteiger partial charge in [0.1, 0.15) is 5.75 Å². The zero-order valence-electron chi connectivity index (χ0n) is 10.1. The Kier molecular flexibility index (Phi) is 4.42. The molecule has 3 heteroatoms. The second-order valence-corrected chi connectivity index (χ2v) is 4.40. The Hall–Kier alpha value is -1.51. The number of hydrogen-bond acceptors (Lipinski definition) is 2. The molecule has 1 aromatic rings. The normalized spacial score (nSPS) is 16.4. The molecule has 1 amide bonds. The van der Waals surface area contributed by atoms with Gasteiger partial charge in [-0.1, -0.05) is 31.0 Å². The average Bonchev–Trinajstić information content (AvgIpc) is 2.66. The van der Waals surface area contributed by atoms with E-state index in [1.807, 2.05) is 35.2 Å². The highest BCUT2D eigenvalue weighted by atomic mass is 16.5. The van der Waals surface area contributed by atoms with Crippen LogP contribution >= 0.6 is 0 Å². The van der Waals surface area contributed by atoms with Gasteiger partial charge < -0.3 is 9.64 Å². The number of para-hydroxylation sites is 1. The lowest BCUT2D eigenvalue weighted by atomic mass is 10.2. The van der Waals surface area contributed by atoms with Gasteiger partial charge >= 0.3 is 0 Å². The number of rotatable bonds is 3. The first-order chi connectivity index (χ1) is 8.36. The smallest absolute Gasteiger partial charge is 0.260 e. The number of nitrogens with zero attached hydrogens (tertiary/aromatic N) is 1. The van der Waals surface area contributed by atoms with Crippen LogP contribution in [0.1, 0.15) is 25.7 Å². The fourth-order valence-electron chi connectivity index (χ4n) is 2.07. The SMILES string of the molecule is O=C(COc1ccccc1)N1CCCCCC1. The Labute approximate surface area is 102 Å². The molecule has 1 heterocycles. The van der Waals surface area contributed by atoms with Crippen molar-refractivity contribution in [2.45, 2.75) is 25.7 Å². The van der Waals surface area contributed by atoms with Crippen LogP contribution in [0.2, 0.25) is 0 Å². The standard InChI is InChI=1S/C14H19NO2/c16-14(15-10-6-1-2-7-11-15)12-17-13-8-4-3-5-9-13/h3-5,8-9H,1-2,6-7,10-12H2. The number of ether oxygens (including phenoxy) is 1. The summed E-state index contributed by atoms with van der Waals surface area (Å²) in [7, 11) is 0. The van der Waals surface area contributed by atoms with Gasteiger partial charge in [0.15, 0.2) is 6.61 Å². The van der Waals surface area contributed by atoms with E-state index in [0.717, 1.165) is 31.7 Å². The molecule has 17 heavy (non-hydrogen) atoms. The number of hydrogen-bond donors (Lipinski definition) is 0. The quantitative estimate of drug-likeness (QED) is 0.802. The summed E-state index contributed by atoms with van der Waals surface area (Å²) >= 11 is 0. The van der Waals surface area contributed by atoms with E-state index in [9.17, 15) is 4.79 Å². The zero-order chi connectivity index (χ0) is 11.9. The Morgan fingerprint density at radius 2 is 1.71 bits per heavy atom. The number of carbonyl (C=O) groups excluding carboxylic acids is 1. The van der Waals surface area contributed by atoms with Gasteiger partial charge in [0, 0.05) is 13.1 Å². The number of carbonyl (C=O) groups is 1. The van der Waals surface area contributed by atoms with Crippen molar-refractivity contribution in [2.24, 2.45) is 0 Å². The van der Waals surface area contributed by atoms with Gasteiger partial charge in [0.05, 0.1) is 0 Å². The van der Waals surface area contributed by atoms with Crippen LogP contribution in [0, 0.1) is 0 Å². The first-order valence-electron chi connectivity index (χ1n) is 6.32. The molecular formula is C14H19NO2. The van der Waals surface area contributed by atoms with E-state index < -0.39 is 0 Å². The zero-order valence-corrected chi connectivity index (χ0v) is 10.1. The van der Waals surface area contributed by atoms with E-state index in [2.05, 4.69) is 0 Å². The van der Waals surface area contributed by atoms with Crippen molar-refractivity contribution < 1.29 is 9.53 Å². The maximum absolute atomic E-state index is 11.9. The molecule has 0 unspecified atom stereocenters. The maximum atomic E-state index is 11.9. The molecule has 1 saturated heterocycles. The number of benzene rings is 1. The molecule has 3 nitrogen and oxygen atoms in total. The summed E-state index contributed by atoms with van der Waals surface area (Å²) in [6.07, 6.45) is 4.72. The van der Waals surface area contributed by atoms with Gasteiger partial charge in [0.2, 0.25) is 0 Å². The van der Waals surface area contributed by atoms with E-state index >= 15 is 0 Å². The average molecular weight is 233 g/mol. The molecule has 0 saturated carbocycles. The third-order valence-corrected chi connectivity index (χ3v) is 3.06. The van der Waals surface area contributed by atoms with E-state index in [1.54, 1.807) is 0 Å². The third kappa shape index (κ3) is 3.77. The first kappa shape index (κ1) is 12.0. The monoisotopic (exact) mass is 233 g/mol. The molecule has 1 aliphatic rings. The van der Waals surface area contributed by atoms with Crippen LogP contribution < -0.4 is 4.74 Å². The molecule has 0 spiro atoms. The van der Waals surface area contributed by atoms with Crippen LogP contribution in [-0.2, 0) is 4.79 Å². The Morgan fingerprint density at radius 3 is 2.35 bits per heavy atom. The summed E-state index contributed by atoms with van der Waals surface area (Å²) in [5, 5.41) is 0. The van der Waals surface area contributed by atoms with Gasteiger partial charge in [-0.3, -0.25) is 4.79 Å². The van der Waals surface area contributed by atoms with Crippen molar-refractivity contribution in [2.75, 3.05) is 19.7 Å². The number of likely N-dealkylation sites (tertiary alicyclic amines) is 1. The molecule has 1 aliphatic heterocycles. The minimum atomic E-state index is 0.107. The highest BCUT2D eigenvalue weighted by molar-refractivity contribution is 5.77. The predicted octanol–water partition coefficient (Wildman–Crippen LogP) is 2.47. The molecule has 92 valence electrons. The first-order valence-corrected chi connectivity index (χ1v) is 6.32. The van der Waals surface area contributed by atoms with E-state index in [4.69, 9.17) is 4.74 Å². The molecule has 0 N–H and O–H groups in total. The van der Waals surface area contributed by atoms with E-state index in [0.29, 0.717) is 0 Å². The van der Waals surface area contributed by atoms with Crippen molar-refractivity contribution in [1.29, 1.82) is 0 Å². The summed E-state index contributed by atoms with van der Waals surface area (Å²) < 4.78 is 5.47. The van der Waals surface area contributed by atoms with Crippen molar-refractivity contribution in [1.82, 2.24) is 4.90 Å². The maximum Gasteiger partial charge on any atom is 0.260 e. The van der Waals surface area contributed by atoms with Crippen LogP contribution in [-0.4, -0.2) is 30.5 Å². The summed E-state index contributed by atoms with van der Waals surface area (Å²) in [6.45, 7) is 1.93. The Morgan fingerprint density at radius 1 is 1.06 bits per heavy atom. The molecule has 1 aromatic carbocycles. The fraction of sp³-hybridized carbons (Fsp3) is 0.500. The minimum absolute atomic E-state index is 0.107. The van der Waals surface area contributed by atoms with Crippen LogP contribution in [0.15, 0.2) is 30.3 Å². The second-order valence-electron chi connectivity index (χ2n) is 4.40. The lowest BCUT2D eigenvalue weighted by Gasteiger charge is -2.20. The molecular weight excluding hydrogens is 214 g/mol. The van der Waals surface area contributed by atoms with Crippen molar-refractivity contribution in [3.63, 3.8) is 0 Å². The third-order valence-electron chi connectivity index (χ3n) is 3.06. The highest BCUT2D eigenvalue weighted by Gasteiger charge is 2.15. The van der Waals surface area contributed by atoms with E-state index in [-0.39, 0.29) is 12.5 Å². The van der Waals surface area contributed by atoms with Crippen molar-refractivity contribution in [3.8, 4) is 5.75 Å². The summed E-state index contributed by atoms with van der Waals surface area (Å²) in [4.78, 5) is 13.9. The Balaban J connectivity index is 1.80. The fourth-order valence-corrected chi connectivity index (χ4v) is 2.07. The Bertz CT molecular complexity index is 342.